The van der Waals surface area contributed by atoms with Gasteiger partial charge in [0.15, 0.2) is 21.5 Å². The van der Waals surface area contributed by atoms with Crippen LogP contribution in [-0.4, -0.2) is 48.2 Å². The Morgan fingerprint density at radius 1 is 1.39 bits per heavy atom. The number of carbonyl (C=O) groups is 1. The second-order valence-corrected chi connectivity index (χ2v) is 8.45. The summed E-state index contributed by atoms with van der Waals surface area (Å²) in [5, 5.41) is 3.01. The van der Waals surface area contributed by atoms with E-state index in [2.05, 4.69) is 26.9 Å². The molecule has 0 saturated heterocycles. The van der Waals surface area contributed by atoms with Gasteiger partial charge in [-0.05, 0) is 26.0 Å². The van der Waals surface area contributed by atoms with E-state index in [1.54, 1.807) is 26.0 Å². The first-order valence-electron chi connectivity index (χ1n) is 8.65. The Kier molecular flexibility index (Phi) is 7.09. The SMILES string of the molecule is C=C(Cl)/N=C1\C(=C/C)N=C(NCc2ccc(S(=O)(=O)CC)cn2)C(=O)N1CC. The molecule has 10 heteroatoms. The summed E-state index contributed by atoms with van der Waals surface area (Å²) in [6, 6.07) is 3.10. The molecule has 0 bridgehead atoms. The van der Waals surface area contributed by atoms with Crippen molar-refractivity contribution >= 4 is 39.0 Å². The highest BCUT2D eigenvalue weighted by molar-refractivity contribution is 7.91. The Morgan fingerprint density at radius 2 is 2.11 bits per heavy atom. The molecule has 2 rings (SSSR count). The Labute approximate surface area is 169 Å². The number of carbonyl (C=O) groups excluding carboxylic acids is 1. The van der Waals surface area contributed by atoms with Gasteiger partial charge in [0.2, 0.25) is 0 Å². The van der Waals surface area contributed by atoms with Crippen molar-refractivity contribution in [2.45, 2.75) is 32.2 Å². The van der Waals surface area contributed by atoms with Crippen molar-refractivity contribution in [2.75, 3.05) is 12.3 Å². The molecular formula is C18H22ClN5O3S. The van der Waals surface area contributed by atoms with E-state index in [9.17, 15) is 13.2 Å². The van der Waals surface area contributed by atoms with Gasteiger partial charge in [0.1, 0.15) is 10.9 Å². The van der Waals surface area contributed by atoms with Crippen LogP contribution < -0.4 is 5.32 Å². The van der Waals surface area contributed by atoms with Gasteiger partial charge < -0.3 is 5.32 Å². The lowest BCUT2D eigenvalue weighted by molar-refractivity contribution is -0.120. The number of pyridine rings is 1. The number of nitrogens with one attached hydrogen (secondary N) is 1. The summed E-state index contributed by atoms with van der Waals surface area (Å²) in [4.78, 5) is 26.9. The zero-order valence-electron chi connectivity index (χ0n) is 15.9. The molecule has 0 spiro atoms. The van der Waals surface area contributed by atoms with Gasteiger partial charge in [-0.2, -0.15) is 0 Å². The molecule has 28 heavy (non-hydrogen) atoms. The molecule has 0 unspecified atom stereocenters. The fourth-order valence-electron chi connectivity index (χ4n) is 2.46. The van der Waals surface area contributed by atoms with E-state index in [0.29, 0.717) is 23.8 Å². The molecule has 0 atom stereocenters. The van der Waals surface area contributed by atoms with Crippen molar-refractivity contribution < 1.29 is 13.2 Å². The van der Waals surface area contributed by atoms with Crippen LogP contribution >= 0.6 is 11.6 Å². The zero-order chi connectivity index (χ0) is 20.9. The number of allylic oxidation sites excluding steroid dienone is 1. The number of halogens is 1. The quantitative estimate of drug-likeness (QED) is 0.706. The summed E-state index contributed by atoms with van der Waals surface area (Å²) >= 11 is 5.77. The van der Waals surface area contributed by atoms with Crippen LogP contribution in [0.4, 0.5) is 0 Å². The Hall–Kier alpha value is -2.52. The lowest BCUT2D eigenvalue weighted by Gasteiger charge is -2.28. The fraction of sp³-hybridized carbons (Fsp3) is 0.333. The van der Waals surface area contributed by atoms with Gasteiger partial charge >= 0.3 is 0 Å². The second kappa shape index (κ2) is 9.11. The predicted molar refractivity (Wildman–Crippen MR) is 110 cm³/mol. The van der Waals surface area contributed by atoms with E-state index < -0.39 is 9.84 Å². The third-order valence-corrected chi connectivity index (χ3v) is 5.76. The standard InChI is InChI=1S/C18H22ClN5O3S/c1-5-15-17(22-12(4)19)24(6-2)18(25)16(23-15)21-10-13-8-9-14(11-20-13)28(26,27)7-3/h5,8-9,11H,4,6-7,10H2,1-3H3,(H,21,23)/b15-5+,22-17+. The smallest absolute Gasteiger partial charge is 0.294 e. The minimum absolute atomic E-state index is 0.00911. The number of aromatic nitrogens is 1. The molecule has 1 aromatic heterocycles. The predicted octanol–water partition coefficient (Wildman–Crippen LogP) is 2.24. The number of amidine groups is 2. The molecule has 1 N–H and O–H groups in total. The molecular weight excluding hydrogens is 402 g/mol. The number of amides is 1. The molecule has 1 aromatic rings. The summed E-state index contributed by atoms with van der Waals surface area (Å²) in [6.07, 6.45) is 3.03. The third-order valence-electron chi connectivity index (χ3n) is 3.96. The van der Waals surface area contributed by atoms with Gasteiger partial charge in [-0.25, -0.2) is 18.4 Å². The number of rotatable bonds is 6. The topological polar surface area (TPSA) is 104 Å². The van der Waals surface area contributed by atoms with Gasteiger partial charge in [0, 0.05) is 12.7 Å². The van der Waals surface area contributed by atoms with Crippen molar-refractivity contribution in [1.29, 1.82) is 0 Å². The normalized spacial score (nSPS) is 17.8. The van der Waals surface area contributed by atoms with Crippen molar-refractivity contribution in [1.82, 2.24) is 15.2 Å². The molecule has 8 nitrogen and oxygen atoms in total. The van der Waals surface area contributed by atoms with Crippen molar-refractivity contribution in [3.63, 3.8) is 0 Å². The molecule has 2 heterocycles. The van der Waals surface area contributed by atoms with Gasteiger partial charge in [-0.15, -0.1) is 0 Å². The average molecular weight is 424 g/mol. The van der Waals surface area contributed by atoms with Crippen LogP contribution in [0, 0.1) is 0 Å². The molecule has 0 aromatic carbocycles. The lowest BCUT2D eigenvalue weighted by atomic mass is 10.2. The van der Waals surface area contributed by atoms with Crippen LogP contribution in [0.1, 0.15) is 26.5 Å². The first-order valence-corrected chi connectivity index (χ1v) is 10.7. The summed E-state index contributed by atoms with van der Waals surface area (Å²) < 4.78 is 23.7. The maximum atomic E-state index is 12.7. The van der Waals surface area contributed by atoms with Crippen LogP contribution in [0.2, 0.25) is 0 Å². The van der Waals surface area contributed by atoms with Gasteiger partial charge in [0.25, 0.3) is 5.91 Å². The summed E-state index contributed by atoms with van der Waals surface area (Å²) in [7, 11) is -3.30. The molecule has 150 valence electrons. The molecule has 1 aliphatic heterocycles. The number of sulfone groups is 1. The van der Waals surface area contributed by atoms with Gasteiger partial charge in [-0.3, -0.25) is 14.7 Å². The van der Waals surface area contributed by atoms with Gasteiger partial charge in [-0.1, -0.05) is 31.2 Å². The highest BCUT2D eigenvalue weighted by atomic mass is 35.5. The Bertz CT molecular complexity index is 965. The number of likely N-dealkylation sites (N-methyl/N-ethyl adjacent to an activating group) is 1. The van der Waals surface area contributed by atoms with E-state index in [0.717, 1.165) is 0 Å². The first kappa shape index (κ1) is 21.8. The Morgan fingerprint density at radius 3 is 2.61 bits per heavy atom. The minimum atomic E-state index is -3.30. The maximum Gasteiger partial charge on any atom is 0.294 e. The summed E-state index contributed by atoms with van der Waals surface area (Å²) in [5.41, 5.74) is 1.06. The number of hydrogen-bond acceptors (Lipinski definition) is 7. The van der Waals surface area contributed by atoms with E-state index >= 15 is 0 Å². The monoisotopic (exact) mass is 423 g/mol. The van der Waals surface area contributed by atoms with Crippen molar-refractivity contribution in [3.05, 3.63) is 47.5 Å². The third kappa shape index (κ3) is 4.85. The van der Waals surface area contributed by atoms with E-state index in [-0.39, 0.29) is 34.1 Å². The van der Waals surface area contributed by atoms with Crippen molar-refractivity contribution in [2.24, 2.45) is 9.98 Å². The molecule has 1 aliphatic rings. The first-order chi connectivity index (χ1) is 13.2. The van der Waals surface area contributed by atoms with E-state index in [1.165, 1.54) is 17.2 Å². The number of hydrogen-bond donors (Lipinski definition) is 1. The van der Waals surface area contributed by atoms with Crippen LogP contribution in [0.15, 0.2) is 56.7 Å². The highest BCUT2D eigenvalue weighted by Gasteiger charge is 2.30. The lowest BCUT2D eigenvalue weighted by Crippen LogP contribution is -2.49. The largest absolute Gasteiger partial charge is 0.360 e. The minimum Gasteiger partial charge on any atom is -0.360 e. The molecule has 0 aliphatic carbocycles. The Balaban J connectivity index is 2.23. The zero-order valence-corrected chi connectivity index (χ0v) is 17.5. The van der Waals surface area contributed by atoms with E-state index in [4.69, 9.17) is 11.6 Å². The fourth-order valence-corrected chi connectivity index (χ4v) is 3.36. The van der Waals surface area contributed by atoms with Crippen LogP contribution in [0.3, 0.4) is 0 Å². The van der Waals surface area contributed by atoms with Gasteiger partial charge in [0.05, 0.1) is 22.9 Å². The molecule has 0 fully saturated rings. The summed E-state index contributed by atoms with van der Waals surface area (Å²) in [5.74, 6) is 0.138. The second-order valence-electron chi connectivity index (χ2n) is 5.74. The van der Waals surface area contributed by atoms with Crippen LogP contribution in [0.25, 0.3) is 0 Å². The number of nitrogens with zero attached hydrogens (tertiary/aromatic N) is 4. The van der Waals surface area contributed by atoms with Crippen molar-refractivity contribution in [3.8, 4) is 0 Å². The van der Waals surface area contributed by atoms with E-state index in [1.807, 2.05) is 6.92 Å². The van der Waals surface area contributed by atoms with Crippen LogP contribution in [-0.2, 0) is 21.2 Å². The average Bonchev–Trinajstić information content (AvgIpc) is 2.67. The molecule has 0 saturated carbocycles. The highest BCUT2D eigenvalue weighted by Crippen LogP contribution is 2.16. The molecule has 1 amide bonds. The summed E-state index contributed by atoms with van der Waals surface area (Å²) in [6.45, 7) is 9.29. The van der Waals surface area contributed by atoms with Crippen LogP contribution in [0.5, 0.6) is 0 Å². The number of aliphatic imine (C=N–C) groups is 2. The molecule has 0 radical (unpaired) electrons. The maximum absolute atomic E-state index is 12.7.